The molecule has 3 rings (SSSR count). The minimum Gasteiger partial charge on any atom is -0.398 e. The number of rotatable bonds is 4. The lowest BCUT2D eigenvalue weighted by Crippen LogP contribution is -1.96. The van der Waals surface area contributed by atoms with E-state index >= 15 is 0 Å². The number of nitrogens with two attached hydrogens (primary N) is 1. The number of benzene rings is 2. The largest absolute Gasteiger partial charge is 0.398 e. The zero-order valence-corrected chi connectivity index (χ0v) is 13.6. The van der Waals surface area contributed by atoms with Crippen LogP contribution < -0.4 is 11.1 Å². The van der Waals surface area contributed by atoms with Gasteiger partial charge in [0.2, 0.25) is 0 Å². The molecule has 1 heterocycles. The summed E-state index contributed by atoms with van der Waals surface area (Å²) in [7, 11) is 0. The summed E-state index contributed by atoms with van der Waals surface area (Å²) >= 11 is 1.60. The van der Waals surface area contributed by atoms with E-state index in [-0.39, 0.29) is 0 Å². The normalized spacial score (nSPS) is 10.6. The molecule has 1 aromatic heterocycles. The molecule has 0 bridgehead atoms. The Morgan fingerprint density at radius 2 is 1.91 bits per heavy atom. The molecule has 3 N–H and O–H groups in total. The third-order valence-corrected chi connectivity index (χ3v) is 4.39. The first-order chi connectivity index (χ1) is 10.7. The van der Waals surface area contributed by atoms with E-state index in [1.807, 2.05) is 12.1 Å². The number of nitrogens with zero attached hydrogens (tertiary/aromatic N) is 1. The molecule has 3 aromatic rings. The first-order valence-electron chi connectivity index (χ1n) is 7.33. The van der Waals surface area contributed by atoms with Crippen LogP contribution in [0.15, 0.2) is 47.8 Å². The number of nitrogens with one attached hydrogen (secondary N) is 1. The first kappa shape index (κ1) is 14.6. The minimum absolute atomic E-state index is 0.822. The van der Waals surface area contributed by atoms with E-state index < -0.39 is 0 Å². The maximum Gasteiger partial charge on any atom is 0.187 e. The van der Waals surface area contributed by atoms with Gasteiger partial charge in [0, 0.05) is 22.3 Å². The van der Waals surface area contributed by atoms with Gasteiger partial charge >= 0.3 is 0 Å². The van der Waals surface area contributed by atoms with Gasteiger partial charge in [-0.05, 0) is 31.0 Å². The number of hydrogen-bond donors (Lipinski definition) is 2. The quantitative estimate of drug-likeness (QED) is 0.666. The topological polar surface area (TPSA) is 50.9 Å². The van der Waals surface area contributed by atoms with Crippen LogP contribution in [0, 0.1) is 6.92 Å². The van der Waals surface area contributed by atoms with Crippen molar-refractivity contribution in [3.63, 3.8) is 0 Å². The highest BCUT2D eigenvalue weighted by molar-refractivity contribution is 7.14. The zero-order chi connectivity index (χ0) is 15.5. The van der Waals surface area contributed by atoms with Crippen LogP contribution in [-0.4, -0.2) is 4.98 Å². The molecule has 3 nitrogen and oxygen atoms in total. The second-order valence-electron chi connectivity index (χ2n) is 5.30. The summed E-state index contributed by atoms with van der Waals surface area (Å²) < 4.78 is 0. The van der Waals surface area contributed by atoms with E-state index in [4.69, 9.17) is 5.73 Å². The summed E-state index contributed by atoms with van der Waals surface area (Å²) in [5, 5.41) is 6.27. The monoisotopic (exact) mass is 309 g/mol. The molecule has 2 aromatic carbocycles. The van der Waals surface area contributed by atoms with E-state index in [0.717, 1.165) is 34.2 Å². The fourth-order valence-corrected chi connectivity index (χ4v) is 3.05. The van der Waals surface area contributed by atoms with Crippen LogP contribution in [-0.2, 0) is 6.42 Å². The Kier molecular flexibility index (Phi) is 4.11. The van der Waals surface area contributed by atoms with Crippen LogP contribution in [0.25, 0.3) is 11.3 Å². The van der Waals surface area contributed by atoms with Crippen molar-refractivity contribution < 1.29 is 0 Å². The predicted molar refractivity (Wildman–Crippen MR) is 95.8 cm³/mol. The molecule has 0 amide bonds. The van der Waals surface area contributed by atoms with Crippen molar-refractivity contribution in [2.75, 3.05) is 11.1 Å². The zero-order valence-electron chi connectivity index (χ0n) is 12.8. The summed E-state index contributed by atoms with van der Waals surface area (Å²) in [5.41, 5.74) is 12.4. The Morgan fingerprint density at radius 1 is 1.14 bits per heavy atom. The second kappa shape index (κ2) is 6.20. The minimum atomic E-state index is 0.822. The SMILES string of the molecule is CCc1ccc(Nc2nc(-c3ccc(C)cc3)cs2)cc1N. The summed E-state index contributed by atoms with van der Waals surface area (Å²) in [6.07, 6.45) is 0.945. The van der Waals surface area contributed by atoms with Gasteiger partial charge in [0.1, 0.15) is 0 Å². The van der Waals surface area contributed by atoms with Gasteiger partial charge in [0.25, 0.3) is 0 Å². The van der Waals surface area contributed by atoms with Crippen molar-refractivity contribution in [1.82, 2.24) is 4.98 Å². The molecule has 4 heteroatoms. The molecule has 0 aliphatic carbocycles. The standard InChI is InChI=1S/C18H19N3S/c1-3-13-8-9-15(10-16(13)19)20-18-21-17(11-22-18)14-6-4-12(2)5-7-14/h4-11H,3,19H2,1-2H3,(H,20,21). The highest BCUT2D eigenvalue weighted by atomic mass is 32.1. The maximum atomic E-state index is 6.04. The Hall–Kier alpha value is -2.33. The molecule has 0 aliphatic rings. The van der Waals surface area contributed by atoms with Gasteiger partial charge in [0.05, 0.1) is 5.69 Å². The van der Waals surface area contributed by atoms with E-state index in [1.54, 1.807) is 11.3 Å². The number of nitrogen functional groups attached to an aromatic ring is 1. The highest BCUT2D eigenvalue weighted by Crippen LogP contribution is 2.28. The Bertz CT molecular complexity index is 775. The summed E-state index contributed by atoms with van der Waals surface area (Å²) in [4.78, 5) is 4.64. The van der Waals surface area contributed by atoms with Crippen molar-refractivity contribution in [3.05, 3.63) is 59.0 Å². The number of aryl methyl sites for hydroxylation is 2. The van der Waals surface area contributed by atoms with E-state index in [0.29, 0.717) is 0 Å². The van der Waals surface area contributed by atoms with Crippen LogP contribution in [0.1, 0.15) is 18.1 Å². The first-order valence-corrected chi connectivity index (χ1v) is 8.21. The van der Waals surface area contributed by atoms with Crippen LogP contribution in [0.3, 0.4) is 0 Å². The third kappa shape index (κ3) is 3.12. The third-order valence-electron chi connectivity index (χ3n) is 3.63. The predicted octanol–water partition coefficient (Wildman–Crippen LogP) is 5.01. The lowest BCUT2D eigenvalue weighted by Gasteiger charge is -2.07. The van der Waals surface area contributed by atoms with E-state index in [9.17, 15) is 0 Å². The molecule has 0 aliphatic heterocycles. The van der Waals surface area contributed by atoms with Crippen LogP contribution in [0.2, 0.25) is 0 Å². The smallest absolute Gasteiger partial charge is 0.187 e. The van der Waals surface area contributed by atoms with Crippen molar-refractivity contribution in [2.24, 2.45) is 0 Å². The molecule has 0 saturated heterocycles. The average molecular weight is 309 g/mol. The van der Waals surface area contributed by atoms with Gasteiger partial charge in [-0.25, -0.2) is 4.98 Å². The van der Waals surface area contributed by atoms with Crippen molar-refractivity contribution in [1.29, 1.82) is 0 Å². The fourth-order valence-electron chi connectivity index (χ4n) is 2.31. The second-order valence-corrected chi connectivity index (χ2v) is 6.15. The maximum absolute atomic E-state index is 6.04. The lowest BCUT2D eigenvalue weighted by molar-refractivity contribution is 1.14. The van der Waals surface area contributed by atoms with Crippen molar-refractivity contribution >= 4 is 27.8 Å². The van der Waals surface area contributed by atoms with Crippen molar-refractivity contribution in [2.45, 2.75) is 20.3 Å². The fraction of sp³-hybridized carbons (Fsp3) is 0.167. The van der Waals surface area contributed by atoms with Gasteiger partial charge in [-0.15, -0.1) is 11.3 Å². The molecule has 0 atom stereocenters. The highest BCUT2D eigenvalue weighted by Gasteiger charge is 2.06. The lowest BCUT2D eigenvalue weighted by atomic mass is 10.1. The van der Waals surface area contributed by atoms with Crippen molar-refractivity contribution in [3.8, 4) is 11.3 Å². The molecule has 0 spiro atoms. The van der Waals surface area contributed by atoms with Crippen LogP contribution >= 0.6 is 11.3 Å². The Labute approximate surface area is 134 Å². The molecule has 0 fully saturated rings. The molecule has 112 valence electrons. The average Bonchev–Trinajstić information content (AvgIpc) is 2.97. The van der Waals surface area contributed by atoms with Crippen LogP contribution in [0.4, 0.5) is 16.5 Å². The Balaban J connectivity index is 1.79. The van der Waals surface area contributed by atoms with E-state index in [1.165, 1.54) is 11.1 Å². The summed E-state index contributed by atoms with van der Waals surface area (Å²) in [6, 6.07) is 14.5. The van der Waals surface area contributed by atoms with Gasteiger partial charge in [-0.2, -0.15) is 0 Å². The van der Waals surface area contributed by atoms with Gasteiger partial charge in [-0.1, -0.05) is 42.8 Å². The van der Waals surface area contributed by atoms with E-state index in [2.05, 4.69) is 59.9 Å². The molecule has 22 heavy (non-hydrogen) atoms. The summed E-state index contributed by atoms with van der Waals surface area (Å²) in [6.45, 7) is 4.19. The van der Waals surface area contributed by atoms with Gasteiger partial charge < -0.3 is 11.1 Å². The number of anilines is 3. The number of thiazole rings is 1. The summed E-state index contributed by atoms with van der Waals surface area (Å²) in [5.74, 6) is 0. The van der Waals surface area contributed by atoms with Gasteiger partial charge in [0.15, 0.2) is 5.13 Å². The molecule has 0 radical (unpaired) electrons. The molecule has 0 saturated carbocycles. The Morgan fingerprint density at radius 3 is 2.59 bits per heavy atom. The molecule has 0 unspecified atom stereocenters. The van der Waals surface area contributed by atoms with Crippen LogP contribution in [0.5, 0.6) is 0 Å². The number of aromatic nitrogens is 1. The molecular weight excluding hydrogens is 290 g/mol. The number of hydrogen-bond acceptors (Lipinski definition) is 4. The molecular formula is C18H19N3S. The van der Waals surface area contributed by atoms with Gasteiger partial charge in [-0.3, -0.25) is 0 Å².